The van der Waals surface area contributed by atoms with Crippen molar-refractivity contribution in [3.8, 4) is 0 Å². The van der Waals surface area contributed by atoms with Gasteiger partial charge in [0.15, 0.2) is 0 Å². The van der Waals surface area contributed by atoms with Crippen molar-refractivity contribution in [3.63, 3.8) is 0 Å². The number of rotatable bonds is 55. The first-order chi connectivity index (χ1) is 37.9. The van der Waals surface area contributed by atoms with Gasteiger partial charge in [-0.2, -0.15) is 0 Å². The summed E-state index contributed by atoms with van der Waals surface area (Å²) in [7, 11) is 1.15. The predicted octanol–water partition coefficient (Wildman–Crippen LogP) is 18.9. The number of amides is 1. The van der Waals surface area contributed by atoms with Crippen molar-refractivity contribution in [2.24, 2.45) is 0 Å². The predicted molar refractivity (Wildman–Crippen MR) is 334 cm³/mol. The monoisotopic (exact) mass is 1100 g/mol. The summed E-state index contributed by atoms with van der Waals surface area (Å²) in [5.74, 6) is -0.580. The second-order valence-electron chi connectivity index (χ2n) is 21.9. The molecule has 10 heteroatoms. The first-order valence-electron chi connectivity index (χ1n) is 31.4. The summed E-state index contributed by atoms with van der Waals surface area (Å²) in [5, 5.41) is 3.02. The van der Waals surface area contributed by atoms with Gasteiger partial charge in [0.1, 0.15) is 19.3 Å². The Morgan fingerprint density at radius 1 is 0.474 bits per heavy atom. The molecule has 0 aliphatic carbocycles. The van der Waals surface area contributed by atoms with Gasteiger partial charge in [0, 0.05) is 12.8 Å². The lowest BCUT2D eigenvalue weighted by atomic mass is 10.0. The minimum atomic E-state index is -4.71. The van der Waals surface area contributed by atoms with Crippen molar-refractivity contribution in [1.29, 1.82) is 0 Å². The van der Waals surface area contributed by atoms with E-state index >= 15 is 0 Å². The van der Waals surface area contributed by atoms with E-state index in [1.807, 2.05) is 33.3 Å². The van der Waals surface area contributed by atoms with E-state index in [-0.39, 0.29) is 31.3 Å². The Morgan fingerprint density at radius 3 is 1.37 bits per heavy atom. The number of phosphoric acid groups is 1. The molecule has 0 fully saturated rings. The molecule has 0 radical (unpaired) electrons. The highest BCUT2D eigenvalue weighted by atomic mass is 31.2. The Morgan fingerprint density at radius 2 is 0.885 bits per heavy atom. The lowest BCUT2D eigenvalue weighted by molar-refractivity contribution is -0.870. The molecule has 1 amide bonds. The number of ether oxygens (including phenoxy) is 1. The Bertz CT molecular complexity index is 1750. The third-order valence-corrected chi connectivity index (χ3v) is 14.2. The molecular weight excluding hydrogens is 988 g/mol. The number of carbonyl (C=O) groups is 2. The van der Waals surface area contributed by atoms with E-state index in [2.05, 4.69) is 135 Å². The van der Waals surface area contributed by atoms with E-state index in [1.54, 1.807) is 0 Å². The van der Waals surface area contributed by atoms with E-state index < -0.39 is 26.6 Å². The molecule has 0 saturated carbocycles. The molecule has 0 saturated heterocycles. The maximum atomic E-state index is 13.5. The van der Waals surface area contributed by atoms with Crippen LogP contribution in [0.4, 0.5) is 0 Å². The smallest absolute Gasteiger partial charge is 0.306 e. The highest BCUT2D eigenvalue weighted by Gasteiger charge is 2.27. The van der Waals surface area contributed by atoms with E-state index in [0.29, 0.717) is 23.9 Å². The first-order valence-corrected chi connectivity index (χ1v) is 32.8. The average Bonchev–Trinajstić information content (AvgIpc) is 3.40. The van der Waals surface area contributed by atoms with Crippen LogP contribution in [0.3, 0.4) is 0 Å². The van der Waals surface area contributed by atoms with Gasteiger partial charge < -0.3 is 28.5 Å². The zero-order valence-electron chi connectivity index (χ0n) is 50.8. The number of unbranched alkanes of at least 4 members (excludes halogenated alkanes) is 23. The second kappa shape index (κ2) is 56.7. The molecule has 3 atom stereocenters. The van der Waals surface area contributed by atoms with Crippen molar-refractivity contribution in [3.05, 3.63) is 122 Å². The molecule has 0 rings (SSSR count). The van der Waals surface area contributed by atoms with Gasteiger partial charge in [-0.3, -0.25) is 14.2 Å². The van der Waals surface area contributed by atoms with Crippen LogP contribution in [0, 0.1) is 0 Å². The zero-order chi connectivity index (χ0) is 57.2. The molecule has 9 nitrogen and oxygen atoms in total. The third kappa shape index (κ3) is 57.1. The van der Waals surface area contributed by atoms with Gasteiger partial charge in [0.05, 0.1) is 33.8 Å². The van der Waals surface area contributed by atoms with Crippen LogP contribution in [0.5, 0.6) is 0 Å². The lowest BCUT2D eigenvalue weighted by Crippen LogP contribution is -2.47. The van der Waals surface area contributed by atoms with Crippen LogP contribution < -0.4 is 10.2 Å². The van der Waals surface area contributed by atoms with E-state index in [1.165, 1.54) is 70.6 Å². The van der Waals surface area contributed by atoms with Crippen molar-refractivity contribution in [2.75, 3.05) is 40.9 Å². The van der Waals surface area contributed by atoms with E-state index in [9.17, 15) is 19.0 Å². The van der Waals surface area contributed by atoms with Crippen molar-refractivity contribution >= 4 is 19.7 Å². The molecule has 0 aliphatic heterocycles. The van der Waals surface area contributed by atoms with Crippen LogP contribution in [-0.2, 0) is 27.9 Å². The maximum Gasteiger partial charge on any atom is 0.306 e. The highest BCUT2D eigenvalue weighted by molar-refractivity contribution is 7.45. The second-order valence-corrected chi connectivity index (χ2v) is 23.3. The summed E-state index contributed by atoms with van der Waals surface area (Å²) < 4.78 is 30.3. The number of allylic oxidation sites excluding steroid dienone is 19. The van der Waals surface area contributed by atoms with Crippen LogP contribution in [-0.4, -0.2) is 69.4 Å². The first kappa shape index (κ1) is 74.4. The van der Waals surface area contributed by atoms with Crippen LogP contribution >= 0.6 is 7.82 Å². The van der Waals surface area contributed by atoms with Crippen LogP contribution in [0.2, 0.25) is 0 Å². The molecule has 0 aromatic carbocycles. The summed E-state index contributed by atoms with van der Waals surface area (Å²) >= 11 is 0. The molecule has 0 spiro atoms. The standard InChI is InChI=1S/C68H117N2O7P/c1-7-10-13-16-19-22-25-28-30-31-32-33-34-35-36-37-38-39-41-42-45-48-51-54-57-60-67(71)69-65(64-76-78(73,74)75-63-62-70(4,5)6)66(59-56-53-50-47-44-27-24-21-18-15-12-9-3)77-68(72)61-58-55-52-49-46-43-40-29-26-23-20-17-14-11-8-2/h10-11,13-14,17,19-20,22-23,26,28,30,32-33,35-36,38-39,56,59,65-66H,7-9,12,15-16,18,21,24-25,27,29,31,34,37,40-55,57-58,60-64H2,1-6H3,(H-,69,71,73,74)/b13-10-,14-11+,20-17+,22-19-,26-23+,30-28-,33-32-,36-35-,39-38-,59-56-. The van der Waals surface area contributed by atoms with Gasteiger partial charge in [-0.1, -0.05) is 252 Å². The Balaban J connectivity index is 5.24. The summed E-state index contributed by atoms with van der Waals surface area (Å²) in [6.07, 6.45) is 78.8. The van der Waals surface area contributed by atoms with E-state index in [4.69, 9.17) is 13.8 Å². The highest BCUT2D eigenvalue weighted by Crippen LogP contribution is 2.38. The number of esters is 1. The van der Waals surface area contributed by atoms with Gasteiger partial charge in [-0.15, -0.1) is 0 Å². The largest absolute Gasteiger partial charge is 0.756 e. The molecule has 446 valence electrons. The quantitative estimate of drug-likeness (QED) is 0.0161. The number of phosphoric ester groups is 1. The van der Waals surface area contributed by atoms with Gasteiger partial charge in [-0.25, -0.2) is 0 Å². The van der Waals surface area contributed by atoms with Gasteiger partial charge in [-0.05, 0) is 102 Å². The molecule has 0 bridgehead atoms. The lowest BCUT2D eigenvalue weighted by Gasteiger charge is -2.30. The topological polar surface area (TPSA) is 114 Å². The molecule has 0 aliphatic rings. The molecule has 0 heterocycles. The molecular formula is C68H117N2O7P. The number of nitrogens with zero attached hydrogens (tertiary/aromatic N) is 1. The summed E-state index contributed by atoms with van der Waals surface area (Å²) in [6.45, 7) is 6.56. The molecule has 0 aromatic heterocycles. The number of quaternary nitrogens is 1. The Kier molecular flexibility index (Phi) is 54.1. The molecule has 78 heavy (non-hydrogen) atoms. The number of hydrogen-bond acceptors (Lipinski definition) is 7. The Hall–Kier alpha value is -3.59. The minimum Gasteiger partial charge on any atom is -0.756 e. The minimum absolute atomic E-state index is 0.0342. The fourth-order valence-electron chi connectivity index (χ4n) is 8.41. The third-order valence-electron chi connectivity index (χ3n) is 13.2. The Labute approximate surface area is 480 Å². The summed E-state index contributed by atoms with van der Waals surface area (Å²) in [4.78, 5) is 40.0. The fourth-order valence-corrected chi connectivity index (χ4v) is 9.13. The van der Waals surface area contributed by atoms with E-state index in [0.717, 1.165) is 128 Å². The number of hydrogen-bond donors (Lipinski definition) is 1. The van der Waals surface area contributed by atoms with Crippen molar-refractivity contribution < 1.29 is 37.3 Å². The molecule has 3 unspecified atom stereocenters. The number of likely N-dealkylation sites (N-methyl/N-ethyl adjacent to an activating group) is 1. The zero-order valence-corrected chi connectivity index (χ0v) is 51.7. The van der Waals surface area contributed by atoms with Crippen LogP contribution in [0.15, 0.2) is 122 Å². The van der Waals surface area contributed by atoms with Crippen molar-refractivity contribution in [1.82, 2.24) is 5.32 Å². The average molecular weight is 1110 g/mol. The molecule has 1 N–H and O–H groups in total. The SMILES string of the molecule is CC/C=C\C/C=C\C/C=C\C/C=C\C/C=C\C/C=C\CCCCCCCCC(=O)NC(COP(=O)([O-])OCC[N+](C)(C)C)C(/C=C\CCCCCCCCCCCC)OC(=O)CCCCCCCCC/C=C/C=C/C=C/CC. The number of carbonyl (C=O) groups excluding carboxylic acids is 2. The van der Waals surface area contributed by atoms with Crippen LogP contribution in [0.1, 0.15) is 245 Å². The number of nitrogens with one attached hydrogen (secondary N) is 1. The fraction of sp³-hybridized carbons (Fsp3) is 0.676. The normalized spacial score (nSPS) is 14.5. The van der Waals surface area contributed by atoms with Gasteiger partial charge in [0.2, 0.25) is 5.91 Å². The van der Waals surface area contributed by atoms with Gasteiger partial charge in [0.25, 0.3) is 7.82 Å². The maximum absolute atomic E-state index is 13.5. The summed E-state index contributed by atoms with van der Waals surface area (Å²) in [5.41, 5.74) is 0. The van der Waals surface area contributed by atoms with Gasteiger partial charge >= 0.3 is 5.97 Å². The van der Waals surface area contributed by atoms with Crippen LogP contribution in [0.25, 0.3) is 0 Å². The van der Waals surface area contributed by atoms with Crippen molar-refractivity contribution in [2.45, 2.75) is 258 Å². The summed E-state index contributed by atoms with van der Waals surface area (Å²) in [6, 6.07) is -0.910. The molecule has 0 aromatic rings.